The Morgan fingerprint density at radius 3 is 2.71 bits per heavy atom. The molecular formula is C12H15NO4. The minimum Gasteiger partial charge on any atom is -0.496 e. The van der Waals surface area contributed by atoms with Crippen molar-refractivity contribution in [3.05, 3.63) is 29.8 Å². The van der Waals surface area contributed by atoms with Crippen LogP contribution in [-0.2, 0) is 16.0 Å². The summed E-state index contributed by atoms with van der Waals surface area (Å²) in [5.41, 5.74) is 0.780. The highest BCUT2D eigenvalue weighted by atomic mass is 16.5. The summed E-state index contributed by atoms with van der Waals surface area (Å²) in [6.45, 7) is 0.142. The summed E-state index contributed by atoms with van der Waals surface area (Å²) in [5.74, 6) is -0.487. The number of ether oxygens (including phenoxy) is 1. The Balaban J connectivity index is 2.47. The number of methoxy groups -OCH3 is 1. The molecule has 0 fully saturated rings. The third kappa shape index (κ3) is 4.55. The van der Waals surface area contributed by atoms with Crippen LogP contribution >= 0.6 is 0 Å². The minimum absolute atomic E-state index is 0.0718. The standard InChI is InChI=1S/C12H15NO4/c1-17-10-5-3-2-4-9(10)8-11(14)13-7-6-12(15)16/h2-5H,6-8H2,1H3,(H,13,14)(H,15,16). The van der Waals surface area contributed by atoms with Gasteiger partial charge in [-0.05, 0) is 6.07 Å². The minimum atomic E-state index is -0.928. The van der Waals surface area contributed by atoms with E-state index in [0.29, 0.717) is 5.75 Å². The van der Waals surface area contributed by atoms with E-state index in [4.69, 9.17) is 9.84 Å². The fourth-order valence-corrected chi connectivity index (χ4v) is 1.39. The first-order valence-electron chi connectivity index (χ1n) is 5.24. The number of hydrogen-bond acceptors (Lipinski definition) is 3. The number of rotatable bonds is 6. The van der Waals surface area contributed by atoms with Crippen LogP contribution in [0.4, 0.5) is 0 Å². The highest BCUT2D eigenvalue weighted by molar-refractivity contribution is 5.79. The van der Waals surface area contributed by atoms with Crippen LogP contribution in [-0.4, -0.2) is 30.6 Å². The van der Waals surface area contributed by atoms with Gasteiger partial charge in [-0.25, -0.2) is 0 Å². The number of carboxylic acid groups (broad SMARTS) is 1. The summed E-state index contributed by atoms with van der Waals surface area (Å²) in [5, 5.41) is 11.0. The number of benzene rings is 1. The zero-order chi connectivity index (χ0) is 12.7. The van der Waals surface area contributed by atoms with Crippen molar-refractivity contribution in [3.63, 3.8) is 0 Å². The van der Waals surface area contributed by atoms with Crippen molar-refractivity contribution in [1.29, 1.82) is 0 Å². The largest absolute Gasteiger partial charge is 0.496 e. The average Bonchev–Trinajstić information content (AvgIpc) is 2.29. The number of nitrogens with one attached hydrogen (secondary N) is 1. The second kappa shape index (κ2) is 6.52. The van der Waals surface area contributed by atoms with Crippen molar-refractivity contribution >= 4 is 11.9 Å². The molecule has 5 nitrogen and oxygen atoms in total. The molecule has 2 N–H and O–H groups in total. The Morgan fingerprint density at radius 2 is 2.06 bits per heavy atom. The van der Waals surface area contributed by atoms with E-state index in [1.165, 1.54) is 0 Å². The molecule has 0 aliphatic heterocycles. The van der Waals surface area contributed by atoms with Gasteiger partial charge in [0, 0.05) is 12.1 Å². The summed E-state index contributed by atoms with van der Waals surface area (Å²) in [7, 11) is 1.54. The molecule has 0 aliphatic rings. The lowest BCUT2D eigenvalue weighted by atomic mass is 10.1. The Bertz CT molecular complexity index is 403. The van der Waals surface area contributed by atoms with E-state index in [2.05, 4.69) is 5.32 Å². The van der Waals surface area contributed by atoms with Crippen LogP contribution in [0.2, 0.25) is 0 Å². The van der Waals surface area contributed by atoms with Crippen molar-refractivity contribution in [2.24, 2.45) is 0 Å². The second-order valence-electron chi connectivity index (χ2n) is 3.48. The Kier molecular flexibility index (Phi) is 5.00. The van der Waals surface area contributed by atoms with Crippen LogP contribution in [0, 0.1) is 0 Å². The molecule has 1 aromatic carbocycles. The Labute approximate surface area is 99.4 Å². The average molecular weight is 237 g/mol. The van der Waals surface area contributed by atoms with Gasteiger partial charge in [0.1, 0.15) is 5.75 Å². The smallest absolute Gasteiger partial charge is 0.305 e. The first-order valence-corrected chi connectivity index (χ1v) is 5.24. The topological polar surface area (TPSA) is 75.6 Å². The molecule has 1 rings (SSSR count). The van der Waals surface area contributed by atoms with E-state index >= 15 is 0 Å². The molecule has 0 bridgehead atoms. The summed E-state index contributed by atoms with van der Waals surface area (Å²) in [6, 6.07) is 7.22. The molecule has 1 amide bonds. The normalized spacial score (nSPS) is 9.71. The number of aliphatic carboxylic acids is 1. The van der Waals surface area contributed by atoms with Crippen molar-refractivity contribution < 1.29 is 19.4 Å². The lowest BCUT2D eigenvalue weighted by Crippen LogP contribution is -2.27. The fourth-order valence-electron chi connectivity index (χ4n) is 1.39. The molecule has 0 atom stereocenters. The van der Waals surface area contributed by atoms with E-state index < -0.39 is 5.97 Å². The molecule has 0 saturated carbocycles. The van der Waals surface area contributed by atoms with Gasteiger partial charge in [-0.15, -0.1) is 0 Å². The SMILES string of the molecule is COc1ccccc1CC(=O)NCCC(=O)O. The number of carbonyl (C=O) groups excluding carboxylic acids is 1. The van der Waals surface area contributed by atoms with Gasteiger partial charge in [0.2, 0.25) is 5.91 Å². The fraction of sp³-hybridized carbons (Fsp3) is 0.333. The van der Waals surface area contributed by atoms with Crippen LogP contribution in [0.3, 0.4) is 0 Å². The lowest BCUT2D eigenvalue weighted by molar-refractivity contribution is -0.136. The summed E-state index contributed by atoms with van der Waals surface area (Å²) < 4.78 is 5.11. The van der Waals surface area contributed by atoms with E-state index in [0.717, 1.165) is 5.56 Å². The van der Waals surface area contributed by atoms with Crippen LogP contribution in [0.5, 0.6) is 5.75 Å². The second-order valence-corrected chi connectivity index (χ2v) is 3.48. The number of hydrogen-bond donors (Lipinski definition) is 2. The predicted molar refractivity (Wildman–Crippen MR) is 62.0 cm³/mol. The molecule has 0 spiro atoms. The maximum Gasteiger partial charge on any atom is 0.305 e. The van der Waals surface area contributed by atoms with E-state index in [9.17, 15) is 9.59 Å². The van der Waals surface area contributed by atoms with Crippen molar-refractivity contribution in [2.45, 2.75) is 12.8 Å². The maximum atomic E-state index is 11.5. The molecule has 0 saturated heterocycles. The zero-order valence-electron chi connectivity index (χ0n) is 9.60. The summed E-state index contributed by atoms with van der Waals surface area (Å²) >= 11 is 0. The van der Waals surface area contributed by atoms with E-state index in [-0.39, 0.29) is 25.3 Å². The molecule has 5 heteroatoms. The molecule has 92 valence electrons. The maximum absolute atomic E-state index is 11.5. The molecule has 0 heterocycles. The third-order valence-corrected chi connectivity index (χ3v) is 2.20. The van der Waals surface area contributed by atoms with Crippen molar-refractivity contribution in [1.82, 2.24) is 5.32 Å². The van der Waals surface area contributed by atoms with E-state index in [1.807, 2.05) is 12.1 Å². The van der Waals surface area contributed by atoms with Gasteiger partial charge < -0.3 is 15.2 Å². The quantitative estimate of drug-likeness (QED) is 0.768. The van der Waals surface area contributed by atoms with Crippen LogP contribution in [0.1, 0.15) is 12.0 Å². The first-order chi connectivity index (χ1) is 8.13. The number of carbonyl (C=O) groups is 2. The first kappa shape index (κ1) is 13.0. The van der Waals surface area contributed by atoms with Crippen LogP contribution in [0.25, 0.3) is 0 Å². The molecule has 1 aromatic rings. The van der Waals surface area contributed by atoms with Gasteiger partial charge in [0.15, 0.2) is 0 Å². The molecule has 0 radical (unpaired) electrons. The van der Waals surface area contributed by atoms with Gasteiger partial charge in [0.25, 0.3) is 0 Å². The molecular weight excluding hydrogens is 222 g/mol. The van der Waals surface area contributed by atoms with Gasteiger partial charge in [0.05, 0.1) is 20.0 Å². The van der Waals surface area contributed by atoms with Crippen LogP contribution < -0.4 is 10.1 Å². The molecule has 0 unspecified atom stereocenters. The monoisotopic (exact) mass is 237 g/mol. The van der Waals surface area contributed by atoms with Gasteiger partial charge in [-0.2, -0.15) is 0 Å². The summed E-state index contributed by atoms with van der Waals surface area (Å²) in [4.78, 5) is 21.8. The van der Waals surface area contributed by atoms with Crippen LogP contribution in [0.15, 0.2) is 24.3 Å². The Morgan fingerprint density at radius 1 is 1.35 bits per heavy atom. The predicted octanol–water partition coefficient (Wildman–Crippen LogP) is 0.829. The van der Waals surface area contributed by atoms with Crippen molar-refractivity contribution in [3.8, 4) is 5.75 Å². The number of para-hydroxylation sites is 1. The molecule has 0 aliphatic carbocycles. The lowest BCUT2D eigenvalue weighted by Gasteiger charge is -2.08. The van der Waals surface area contributed by atoms with Gasteiger partial charge in [-0.3, -0.25) is 9.59 Å². The summed E-state index contributed by atoms with van der Waals surface area (Å²) in [6.07, 6.45) is 0.112. The van der Waals surface area contributed by atoms with Gasteiger partial charge in [-0.1, -0.05) is 18.2 Å². The molecule has 0 aromatic heterocycles. The van der Waals surface area contributed by atoms with Crippen molar-refractivity contribution in [2.75, 3.05) is 13.7 Å². The number of amides is 1. The third-order valence-electron chi connectivity index (χ3n) is 2.20. The van der Waals surface area contributed by atoms with Gasteiger partial charge >= 0.3 is 5.97 Å². The zero-order valence-corrected chi connectivity index (χ0v) is 9.60. The highest BCUT2D eigenvalue weighted by Crippen LogP contribution is 2.17. The highest BCUT2D eigenvalue weighted by Gasteiger charge is 2.08. The Hall–Kier alpha value is -2.04. The molecule has 17 heavy (non-hydrogen) atoms. The number of carboxylic acids is 1. The van der Waals surface area contributed by atoms with E-state index in [1.54, 1.807) is 19.2 Å².